The summed E-state index contributed by atoms with van der Waals surface area (Å²) in [7, 11) is 0. The van der Waals surface area contributed by atoms with Gasteiger partial charge in [-0.15, -0.1) is 11.8 Å². The van der Waals surface area contributed by atoms with Crippen LogP contribution in [0.3, 0.4) is 0 Å². The molecule has 0 radical (unpaired) electrons. The third-order valence-corrected chi connectivity index (χ3v) is 5.78. The predicted octanol–water partition coefficient (Wildman–Crippen LogP) is 3.97. The van der Waals surface area contributed by atoms with Crippen LogP contribution < -0.4 is 5.32 Å². The van der Waals surface area contributed by atoms with E-state index in [9.17, 15) is 4.79 Å². The van der Waals surface area contributed by atoms with Gasteiger partial charge in [-0.3, -0.25) is 4.79 Å². The molecule has 3 aromatic rings. The molecule has 0 aliphatic carbocycles. The molecule has 1 aromatic carbocycles. The molecule has 1 amide bonds. The summed E-state index contributed by atoms with van der Waals surface area (Å²) in [5.41, 5.74) is 2.25. The van der Waals surface area contributed by atoms with Gasteiger partial charge in [-0.1, -0.05) is 29.9 Å². The van der Waals surface area contributed by atoms with Crippen molar-refractivity contribution in [1.29, 1.82) is 0 Å². The van der Waals surface area contributed by atoms with Gasteiger partial charge in [-0.25, -0.2) is 9.50 Å². The second-order valence-electron chi connectivity index (χ2n) is 5.22. The van der Waals surface area contributed by atoms with E-state index in [4.69, 9.17) is 11.6 Å². The minimum atomic E-state index is -0.198. The third kappa shape index (κ3) is 3.29. The molecule has 0 unspecified atom stereocenters. The number of imidazole rings is 1. The number of carbonyl (C=O) groups excluding carboxylic acids is 1. The molecule has 0 saturated heterocycles. The zero-order valence-electron chi connectivity index (χ0n) is 13.6. The third-order valence-electron chi connectivity index (χ3n) is 3.68. The van der Waals surface area contributed by atoms with Gasteiger partial charge in [0.15, 0.2) is 0 Å². The van der Waals surface area contributed by atoms with Crippen LogP contribution in [0.5, 0.6) is 0 Å². The van der Waals surface area contributed by atoms with Crippen molar-refractivity contribution < 1.29 is 4.79 Å². The van der Waals surface area contributed by atoms with Gasteiger partial charge in [0.1, 0.15) is 5.01 Å². The molecule has 0 aliphatic heterocycles. The number of hydrogen-bond acceptors (Lipinski definition) is 5. The molecule has 0 fully saturated rings. The van der Waals surface area contributed by atoms with Crippen LogP contribution in [0.1, 0.15) is 33.7 Å². The molecule has 8 heteroatoms. The van der Waals surface area contributed by atoms with Crippen LogP contribution in [0.25, 0.3) is 4.96 Å². The normalized spacial score (nSPS) is 11.2. The van der Waals surface area contributed by atoms with Crippen LogP contribution in [0.15, 0.2) is 23.1 Å². The van der Waals surface area contributed by atoms with Crippen LogP contribution in [0.2, 0.25) is 5.02 Å². The van der Waals surface area contributed by atoms with Gasteiger partial charge in [0.25, 0.3) is 5.91 Å². The molecule has 0 bridgehead atoms. The van der Waals surface area contributed by atoms with Crippen LogP contribution in [0, 0.1) is 6.92 Å². The zero-order chi connectivity index (χ0) is 17.3. The average molecular weight is 381 g/mol. The summed E-state index contributed by atoms with van der Waals surface area (Å²) in [6.45, 7) is 4.35. The quantitative estimate of drug-likeness (QED) is 0.680. The molecule has 0 atom stereocenters. The number of aryl methyl sites for hydroxylation is 2. The van der Waals surface area contributed by atoms with Gasteiger partial charge >= 0.3 is 0 Å². The average Bonchev–Trinajstić information content (AvgIpc) is 3.10. The highest BCUT2D eigenvalue weighted by atomic mass is 35.5. The van der Waals surface area contributed by atoms with Crippen molar-refractivity contribution in [3.05, 3.63) is 45.2 Å². The number of rotatable bonds is 5. The Morgan fingerprint density at radius 1 is 1.46 bits per heavy atom. The van der Waals surface area contributed by atoms with Crippen molar-refractivity contribution in [2.45, 2.75) is 31.7 Å². The maximum absolute atomic E-state index is 12.5. The van der Waals surface area contributed by atoms with Crippen molar-refractivity contribution in [3.63, 3.8) is 0 Å². The number of fused-ring (bicyclic) bond motifs is 1. The molecular formula is C16H17ClN4OS2. The number of aromatic nitrogens is 3. The van der Waals surface area contributed by atoms with E-state index in [0.717, 1.165) is 32.7 Å². The van der Waals surface area contributed by atoms with E-state index < -0.39 is 0 Å². The van der Waals surface area contributed by atoms with E-state index in [1.807, 2.05) is 23.8 Å². The second-order valence-corrected chi connectivity index (χ2v) is 7.54. The first-order valence-corrected chi connectivity index (χ1v) is 9.91. The SMILES string of the molecule is CCc1nn2c(CNC(=O)c3cc(SC)ccc3Cl)c(C)nc2s1. The highest BCUT2D eigenvalue weighted by molar-refractivity contribution is 7.98. The number of nitrogens with zero attached hydrogens (tertiary/aromatic N) is 3. The first-order chi connectivity index (χ1) is 11.5. The van der Waals surface area contributed by atoms with E-state index in [2.05, 4.69) is 22.3 Å². The first-order valence-electron chi connectivity index (χ1n) is 7.49. The number of hydrogen-bond donors (Lipinski definition) is 1. The van der Waals surface area contributed by atoms with E-state index in [-0.39, 0.29) is 5.91 Å². The number of thioether (sulfide) groups is 1. The molecule has 0 saturated carbocycles. The van der Waals surface area contributed by atoms with Crippen molar-refractivity contribution in [1.82, 2.24) is 19.9 Å². The highest BCUT2D eigenvalue weighted by Gasteiger charge is 2.16. The summed E-state index contributed by atoms with van der Waals surface area (Å²) >= 11 is 9.31. The summed E-state index contributed by atoms with van der Waals surface area (Å²) in [4.78, 5) is 18.9. The van der Waals surface area contributed by atoms with E-state index >= 15 is 0 Å². The Morgan fingerprint density at radius 2 is 2.25 bits per heavy atom. The topological polar surface area (TPSA) is 59.3 Å². The fraction of sp³-hybridized carbons (Fsp3) is 0.312. The molecule has 5 nitrogen and oxygen atoms in total. The minimum Gasteiger partial charge on any atom is -0.346 e. The van der Waals surface area contributed by atoms with Gasteiger partial charge in [0.05, 0.1) is 28.5 Å². The Morgan fingerprint density at radius 3 is 2.96 bits per heavy atom. The highest BCUT2D eigenvalue weighted by Crippen LogP contribution is 2.23. The minimum absolute atomic E-state index is 0.198. The zero-order valence-corrected chi connectivity index (χ0v) is 16.0. The van der Waals surface area contributed by atoms with Crippen LogP contribution in [0.4, 0.5) is 0 Å². The van der Waals surface area contributed by atoms with Crippen molar-refractivity contribution in [2.75, 3.05) is 6.26 Å². The van der Waals surface area contributed by atoms with Crippen molar-refractivity contribution >= 4 is 45.6 Å². The molecule has 126 valence electrons. The Bertz CT molecular complexity index is 903. The lowest BCUT2D eigenvalue weighted by Gasteiger charge is -2.08. The summed E-state index contributed by atoms with van der Waals surface area (Å²) in [6.07, 6.45) is 2.83. The lowest BCUT2D eigenvalue weighted by Crippen LogP contribution is -2.24. The smallest absolute Gasteiger partial charge is 0.253 e. The number of benzene rings is 1. The Hall–Kier alpha value is -1.57. The maximum Gasteiger partial charge on any atom is 0.253 e. The van der Waals surface area contributed by atoms with Crippen molar-refractivity contribution in [3.8, 4) is 0 Å². The number of halogens is 1. The summed E-state index contributed by atoms with van der Waals surface area (Å²) < 4.78 is 1.82. The van der Waals surface area contributed by atoms with Crippen LogP contribution in [-0.2, 0) is 13.0 Å². The summed E-state index contributed by atoms with van der Waals surface area (Å²) in [5.74, 6) is -0.198. The number of carbonyl (C=O) groups is 1. The van der Waals surface area contributed by atoms with Crippen molar-refractivity contribution in [2.24, 2.45) is 0 Å². The fourth-order valence-electron chi connectivity index (χ4n) is 2.34. The van der Waals surface area contributed by atoms with Gasteiger partial charge in [0, 0.05) is 4.90 Å². The second kappa shape index (κ2) is 7.13. The van der Waals surface area contributed by atoms with E-state index in [1.54, 1.807) is 35.2 Å². The largest absolute Gasteiger partial charge is 0.346 e. The van der Waals surface area contributed by atoms with E-state index in [1.165, 1.54) is 0 Å². The van der Waals surface area contributed by atoms with Gasteiger partial charge in [-0.2, -0.15) is 5.10 Å². The van der Waals surface area contributed by atoms with Gasteiger partial charge < -0.3 is 5.32 Å². The molecular weight excluding hydrogens is 364 g/mol. The fourth-order valence-corrected chi connectivity index (χ4v) is 3.88. The number of amides is 1. The molecule has 1 N–H and O–H groups in total. The predicted molar refractivity (Wildman–Crippen MR) is 99.4 cm³/mol. The summed E-state index contributed by atoms with van der Waals surface area (Å²) in [6, 6.07) is 5.45. The molecule has 0 spiro atoms. The molecule has 24 heavy (non-hydrogen) atoms. The Balaban J connectivity index is 1.82. The molecule has 3 rings (SSSR count). The number of nitrogens with one attached hydrogen (secondary N) is 1. The molecule has 2 aromatic heterocycles. The lowest BCUT2D eigenvalue weighted by atomic mass is 10.2. The van der Waals surface area contributed by atoms with E-state index in [0.29, 0.717) is 17.1 Å². The first kappa shape index (κ1) is 17.3. The molecule has 2 heterocycles. The monoisotopic (exact) mass is 380 g/mol. The summed E-state index contributed by atoms with van der Waals surface area (Å²) in [5, 5.41) is 8.94. The standard InChI is InChI=1S/C16H17ClN4OS2/c1-4-14-20-21-13(9(2)19-16(21)24-14)8-18-15(22)11-7-10(23-3)5-6-12(11)17/h5-7H,4,8H2,1-3H3,(H,18,22). The lowest BCUT2D eigenvalue weighted by molar-refractivity contribution is 0.0950. The van der Waals surface area contributed by atoms with Gasteiger partial charge in [0.2, 0.25) is 4.96 Å². The van der Waals surface area contributed by atoms with Crippen LogP contribution >= 0.6 is 34.7 Å². The molecule has 0 aliphatic rings. The maximum atomic E-state index is 12.5. The Labute approximate surface area is 153 Å². The van der Waals surface area contributed by atoms with Crippen LogP contribution in [-0.4, -0.2) is 26.8 Å². The Kier molecular flexibility index (Phi) is 5.12. The van der Waals surface area contributed by atoms with Gasteiger partial charge in [-0.05, 0) is 37.8 Å².